The van der Waals surface area contributed by atoms with E-state index in [2.05, 4.69) is 25.9 Å². The third-order valence-electron chi connectivity index (χ3n) is 4.91. The van der Waals surface area contributed by atoms with E-state index >= 15 is 0 Å². The van der Waals surface area contributed by atoms with Crippen LogP contribution >= 0.6 is 11.8 Å². The van der Waals surface area contributed by atoms with E-state index < -0.39 is 60.2 Å². The van der Waals surface area contributed by atoms with Crippen molar-refractivity contribution >= 4 is 41.4 Å². The lowest BCUT2D eigenvalue weighted by Crippen LogP contribution is -2.58. The third kappa shape index (κ3) is 11.2. The van der Waals surface area contributed by atoms with E-state index in [0.717, 1.165) is 0 Å². The van der Waals surface area contributed by atoms with Crippen LogP contribution in [0.15, 0.2) is 12.5 Å². The van der Waals surface area contributed by atoms with E-state index in [1.807, 2.05) is 13.8 Å². The molecule has 1 aromatic heterocycles. The van der Waals surface area contributed by atoms with Gasteiger partial charge in [0.2, 0.25) is 17.7 Å². The van der Waals surface area contributed by atoms with Crippen LogP contribution in [0.3, 0.4) is 0 Å². The molecule has 196 valence electrons. The van der Waals surface area contributed by atoms with Crippen LogP contribution in [0.25, 0.3) is 0 Å². The van der Waals surface area contributed by atoms with Crippen LogP contribution < -0.4 is 21.7 Å². The summed E-state index contributed by atoms with van der Waals surface area (Å²) in [5.41, 5.74) is 6.42. The molecule has 0 spiro atoms. The highest BCUT2D eigenvalue weighted by Crippen LogP contribution is 2.07. The Morgan fingerprint density at radius 3 is 2.14 bits per heavy atom. The van der Waals surface area contributed by atoms with Crippen LogP contribution in [-0.2, 0) is 30.4 Å². The second kappa shape index (κ2) is 15.0. The zero-order valence-corrected chi connectivity index (χ0v) is 20.8. The highest BCUT2D eigenvalue weighted by molar-refractivity contribution is 7.98. The van der Waals surface area contributed by atoms with Crippen molar-refractivity contribution in [3.8, 4) is 0 Å². The molecule has 0 radical (unpaired) electrons. The van der Waals surface area contributed by atoms with Crippen LogP contribution in [-0.4, -0.2) is 86.0 Å². The molecule has 0 aliphatic carbocycles. The maximum Gasteiger partial charge on any atom is 0.326 e. The van der Waals surface area contributed by atoms with E-state index in [4.69, 9.17) is 5.73 Å². The summed E-state index contributed by atoms with van der Waals surface area (Å²) in [6.45, 7) is 3.78. The van der Waals surface area contributed by atoms with Gasteiger partial charge in [-0.3, -0.25) is 19.2 Å². The number of nitrogens with two attached hydrogens (primary N) is 1. The number of nitrogens with zero attached hydrogens (tertiary/aromatic N) is 1. The van der Waals surface area contributed by atoms with E-state index in [9.17, 15) is 34.2 Å². The fraction of sp³-hybridized carbons (Fsp3) is 0.619. The first-order valence-corrected chi connectivity index (χ1v) is 12.4. The van der Waals surface area contributed by atoms with Crippen molar-refractivity contribution in [3.05, 3.63) is 18.2 Å². The molecule has 0 bridgehead atoms. The number of rotatable bonds is 16. The molecule has 1 heterocycles. The van der Waals surface area contributed by atoms with Gasteiger partial charge in [0.15, 0.2) is 0 Å². The molecule has 0 aliphatic rings. The van der Waals surface area contributed by atoms with Gasteiger partial charge in [0.25, 0.3) is 0 Å². The second-order valence-electron chi connectivity index (χ2n) is 8.42. The summed E-state index contributed by atoms with van der Waals surface area (Å²) in [6, 6.07) is -4.89. The van der Waals surface area contributed by atoms with Crippen LogP contribution in [0.1, 0.15) is 38.8 Å². The average Bonchev–Trinajstić information content (AvgIpc) is 3.27. The number of aromatic nitrogens is 2. The summed E-state index contributed by atoms with van der Waals surface area (Å²) < 4.78 is 0. The Morgan fingerprint density at radius 1 is 1.03 bits per heavy atom. The zero-order chi connectivity index (χ0) is 26.5. The quantitative estimate of drug-likeness (QED) is 0.144. The summed E-state index contributed by atoms with van der Waals surface area (Å²) in [5, 5.41) is 25.7. The van der Waals surface area contributed by atoms with Gasteiger partial charge in [-0.2, -0.15) is 11.8 Å². The fourth-order valence-electron chi connectivity index (χ4n) is 3.14. The van der Waals surface area contributed by atoms with E-state index in [1.165, 1.54) is 24.3 Å². The van der Waals surface area contributed by atoms with Crippen molar-refractivity contribution in [1.29, 1.82) is 0 Å². The Balaban J connectivity index is 3.03. The molecule has 1 aromatic rings. The van der Waals surface area contributed by atoms with Gasteiger partial charge in [-0.05, 0) is 30.8 Å². The van der Waals surface area contributed by atoms with E-state index in [0.29, 0.717) is 17.9 Å². The fourth-order valence-corrected chi connectivity index (χ4v) is 3.61. The zero-order valence-electron chi connectivity index (χ0n) is 19.9. The number of thioether (sulfide) groups is 1. The number of aliphatic carboxylic acids is 2. The summed E-state index contributed by atoms with van der Waals surface area (Å²) in [5.74, 6) is -4.46. The largest absolute Gasteiger partial charge is 0.481 e. The molecular formula is C21H34N6O7S. The Bertz CT molecular complexity index is 864. The Morgan fingerprint density at radius 2 is 1.63 bits per heavy atom. The molecule has 3 amide bonds. The SMILES string of the molecule is CSCCC(NC(=O)C(CC(=O)O)NC(=O)C(Cc1cnc[nH]1)NC(=O)C(N)CC(C)C)C(=O)O. The molecule has 4 atom stereocenters. The average molecular weight is 515 g/mol. The summed E-state index contributed by atoms with van der Waals surface area (Å²) in [6.07, 6.45) is 4.28. The predicted molar refractivity (Wildman–Crippen MR) is 128 cm³/mol. The summed E-state index contributed by atoms with van der Waals surface area (Å²) >= 11 is 1.38. The van der Waals surface area contributed by atoms with Gasteiger partial charge in [0.05, 0.1) is 18.8 Å². The number of imidazole rings is 1. The monoisotopic (exact) mass is 514 g/mol. The normalized spacial score (nSPS) is 14.4. The molecule has 35 heavy (non-hydrogen) atoms. The first kappa shape index (κ1) is 29.9. The van der Waals surface area contributed by atoms with E-state index in [-0.39, 0.29) is 18.8 Å². The Kier molecular flexibility index (Phi) is 12.8. The standard InChI is InChI=1S/C21H34N6O7S/c1-11(2)6-13(22)18(30)26-15(7-12-9-23-10-24-12)19(31)27-16(8-17(28)29)20(32)25-14(21(33)34)4-5-35-3/h9-11,13-16H,4-8,22H2,1-3H3,(H,23,24)(H,25,32)(H,26,30)(H,27,31)(H,28,29)(H,33,34). The number of H-pyrrole nitrogens is 1. The van der Waals surface area contributed by atoms with Crippen molar-refractivity contribution in [3.63, 3.8) is 0 Å². The minimum atomic E-state index is -1.57. The van der Waals surface area contributed by atoms with Crippen LogP contribution in [0.5, 0.6) is 0 Å². The van der Waals surface area contributed by atoms with Crippen molar-refractivity contribution < 1.29 is 34.2 Å². The molecule has 0 aliphatic heterocycles. The maximum absolute atomic E-state index is 13.0. The molecule has 0 saturated carbocycles. The molecule has 0 aromatic carbocycles. The van der Waals surface area contributed by atoms with Gasteiger partial charge >= 0.3 is 11.9 Å². The lowest BCUT2D eigenvalue weighted by Gasteiger charge is -2.24. The summed E-state index contributed by atoms with van der Waals surface area (Å²) in [7, 11) is 0. The molecule has 1 rings (SSSR count). The lowest BCUT2D eigenvalue weighted by atomic mass is 10.0. The van der Waals surface area contributed by atoms with Gasteiger partial charge in [-0.1, -0.05) is 13.8 Å². The number of aromatic amines is 1. The van der Waals surface area contributed by atoms with Gasteiger partial charge < -0.3 is 36.9 Å². The lowest BCUT2D eigenvalue weighted by molar-refractivity contribution is -0.143. The van der Waals surface area contributed by atoms with Crippen molar-refractivity contribution in [1.82, 2.24) is 25.9 Å². The molecule has 0 saturated heterocycles. The second-order valence-corrected chi connectivity index (χ2v) is 9.40. The predicted octanol–water partition coefficient (Wildman–Crippen LogP) is -0.908. The number of carbonyl (C=O) groups excluding carboxylic acids is 3. The van der Waals surface area contributed by atoms with Crippen molar-refractivity contribution in [2.75, 3.05) is 12.0 Å². The number of nitrogens with one attached hydrogen (secondary N) is 4. The van der Waals surface area contributed by atoms with Crippen molar-refractivity contribution in [2.45, 2.75) is 63.7 Å². The molecule has 4 unspecified atom stereocenters. The van der Waals surface area contributed by atoms with Gasteiger partial charge in [0.1, 0.15) is 18.1 Å². The van der Waals surface area contributed by atoms with Gasteiger partial charge in [0, 0.05) is 18.3 Å². The van der Waals surface area contributed by atoms with Gasteiger partial charge in [-0.25, -0.2) is 9.78 Å². The Hall–Kier alpha value is -3.13. The van der Waals surface area contributed by atoms with Crippen LogP contribution in [0.2, 0.25) is 0 Å². The minimum absolute atomic E-state index is 0.0289. The van der Waals surface area contributed by atoms with Crippen LogP contribution in [0.4, 0.5) is 0 Å². The topological polar surface area (TPSA) is 217 Å². The first-order chi connectivity index (χ1) is 16.4. The first-order valence-electron chi connectivity index (χ1n) is 11.0. The molecular weight excluding hydrogens is 480 g/mol. The number of hydrogen-bond acceptors (Lipinski definition) is 8. The highest BCUT2D eigenvalue weighted by Gasteiger charge is 2.32. The number of hydrogen-bond donors (Lipinski definition) is 7. The molecule has 0 fully saturated rings. The molecule has 13 nitrogen and oxygen atoms in total. The van der Waals surface area contributed by atoms with Crippen molar-refractivity contribution in [2.24, 2.45) is 11.7 Å². The highest BCUT2D eigenvalue weighted by atomic mass is 32.2. The minimum Gasteiger partial charge on any atom is -0.481 e. The number of amides is 3. The van der Waals surface area contributed by atoms with Crippen LogP contribution in [0, 0.1) is 5.92 Å². The summed E-state index contributed by atoms with van der Waals surface area (Å²) in [4.78, 5) is 67.8. The Labute approximate surface area is 207 Å². The molecule has 14 heteroatoms. The number of carbonyl (C=O) groups is 5. The number of carboxylic acids is 2. The smallest absolute Gasteiger partial charge is 0.326 e. The third-order valence-corrected chi connectivity index (χ3v) is 5.55. The maximum atomic E-state index is 13.0. The van der Waals surface area contributed by atoms with Gasteiger partial charge in [-0.15, -0.1) is 0 Å². The number of carboxylic acid groups (broad SMARTS) is 2. The van der Waals surface area contributed by atoms with E-state index in [1.54, 1.807) is 6.26 Å². The molecule has 8 N–H and O–H groups in total.